The zero-order valence-electron chi connectivity index (χ0n) is 14.3. The first-order chi connectivity index (χ1) is 12.7. The van der Waals surface area contributed by atoms with Gasteiger partial charge >= 0.3 is 0 Å². The Hall–Kier alpha value is -1.61. The molecular weight excluding hydrogens is 396 g/mol. The molecule has 3 fully saturated rings. The molecule has 9 heteroatoms. The number of benzene rings is 1. The van der Waals surface area contributed by atoms with Crippen molar-refractivity contribution in [3.05, 3.63) is 46.7 Å². The van der Waals surface area contributed by atoms with E-state index in [9.17, 15) is 18.1 Å². The van der Waals surface area contributed by atoms with Crippen LogP contribution in [0.15, 0.2) is 29.3 Å². The van der Waals surface area contributed by atoms with Gasteiger partial charge in [-0.05, 0) is 36.7 Å². The van der Waals surface area contributed by atoms with Crippen LogP contribution in [0.3, 0.4) is 0 Å². The van der Waals surface area contributed by atoms with Gasteiger partial charge in [0.25, 0.3) is 5.91 Å². The predicted molar refractivity (Wildman–Crippen MR) is 96.8 cm³/mol. The molecule has 0 saturated heterocycles. The Labute approximate surface area is 162 Å². The van der Waals surface area contributed by atoms with Crippen LogP contribution >= 0.6 is 11.6 Å². The number of halogens is 3. The number of carbonyl (C=O) groups excluding carboxylic acids is 1. The van der Waals surface area contributed by atoms with Crippen LogP contribution in [0.2, 0.25) is 5.02 Å². The lowest BCUT2D eigenvalue weighted by Gasteiger charge is -2.25. The van der Waals surface area contributed by atoms with E-state index < -0.39 is 33.9 Å². The molecule has 1 aromatic carbocycles. The third-order valence-electron chi connectivity index (χ3n) is 6.23. The Morgan fingerprint density at radius 2 is 2.15 bits per heavy atom. The number of aromatic nitrogens is 1. The molecule has 0 radical (unpaired) electrons. The summed E-state index contributed by atoms with van der Waals surface area (Å²) >= 11 is 4.20. The lowest BCUT2D eigenvalue weighted by Crippen LogP contribution is -2.43. The van der Waals surface area contributed by atoms with Crippen molar-refractivity contribution in [3.63, 3.8) is 0 Å². The maximum absolute atomic E-state index is 13.5. The first-order valence-electron chi connectivity index (χ1n) is 8.57. The molecule has 1 heterocycles. The Morgan fingerprint density at radius 3 is 2.74 bits per heavy atom. The smallest absolute Gasteiger partial charge is 0.272 e. The zero-order chi connectivity index (χ0) is 19.1. The van der Waals surface area contributed by atoms with Crippen molar-refractivity contribution in [1.29, 1.82) is 0 Å². The third kappa shape index (κ3) is 2.47. The van der Waals surface area contributed by atoms with Gasteiger partial charge in [-0.1, -0.05) is 11.6 Å². The number of nitrogens with zero attached hydrogens (tertiary/aromatic N) is 1. The van der Waals surface area contributed by atoms with E-state index in [-0.39, 0.29) is 16.9 Å². The highest BCUT2D eigenvalue weighted by molar-refractivity contribution is 7.89. The summed E-state index contributed by atoms with van der Waals surface area (Å²) in [6.45, 7) is 0. The number of amides is 1. The van der Waals surface area contributed by atoms with Gasteiger partial charge in [0.05, 0.1) is 28.1 Å². The lowest BCUT2D eigenvalue weighted by atomic mass is 9.94. The largest absolute Gasteiger partial charge is 0.593 e. The van der Waals surface area contributed by atoms with Crippen molar-refractivity contribution in [3.8, 4) is 0 Å². The number of nitrogens with one attached hydrogen (secondary N) is 2. The molecule has 5 nitrogen and oxygen atoms in total. The van der Waals surface area contributed by atoms with Crippen LogP contribution in [0.25, 0.3) is 0 Å². The summed E-state index contributed by atoms with van der Waals surface area (Å²) in [5.41, 5.74) is 0.730. The molecule has 3 aliphatic rings. The van der Waals surface area contributed by atoms with E-state index in [4.69, 9.17) is 11.6 Å². The van der Waals surface area contributed by atoms with E-state index in [1.807, 2.05) is 0 Å². The summed E-state index contributed by atoms with van der Waals surface area (Å²) in [7, 11) is 1.66. The molecule has 5 rings (SSSR count). The number of aryl methyl sites for hydroxylation is 1. The van der Waals surface area contributed by atoms with E-state index in [0.717, 1.165) is 30.9 Å². The third-order valence-corrected chi connectivity index (χ3v) is 7.73. The fraction of sp³-hybridized carbons (Fsp3) is 0.389. The van der Waals surface area contributed by atoms with Gasteiger partial charge in [-0.25, -0.2) is 8.78 Å². The molecule has 27 heavy (non-hydrogen) atoms. The first-order valence-corrected chi connectivity index (χ1v) is 10.1. The van der Waals surface area contributed by atoms with Crippen molar-refractivity contribution >= 4 is 34.6 Å². The second kappa shape index (κ2) is 5.47. The standard InChI is InChI=1S/C18H16ClF2N3O2S/c1-24-7-11(27(26)23-18-6-9-5-17(9,18)8-18)4-14(24)16(25)22-10-2-12(19)15(21)13(20)3-10/h2-4,7,9,23H,5-6,8H2,1H3,(H,22,25). The SMILES string of the molecule is Cn1cc([S+]([O-])NC23CC4CC42C3)cc1C(=O)Nc1cc(F)c(F)c(Cl)c1. The van der Waals surface area contributed by atoms with Gasteiger partial charge in [0.1, 0.15) is 5.69 Å². The normalized spacial score (nSPS) is 30.8. The number of rotatable bonds is 5. The number of anilines is 1. The van der Waals surface area contributed by atoms with Gasteiger partial charge in [-0.15, -0.1) is 4.72 Å². The van der Waals surface area contributed by atoms with Gasteiger partial charge in [-0.3, -0.25) is 4.79 Å². The van der Waals surface area contributed by atoms with E-state index in [0.29, 0.717) is 10.3 Å². The second-order valence-corrected chi connectivity index (χ2v) is 9.39. The maximum Gasteiger partial charge on any atom is 0.272 e. The van der Waals surface area contributed by atoms with Crippen LogP contribution < -0.4 is 10.0 Å². The molecule has 1 spiro atoms. The molecule has 4 atom stereocenters. The molecule has 3 saturated carbocycles. The van der Waals surface area contributed by atoms with Gasteiger partial charge in [-0.2, -0.15) is 0 Å². The molecule has 0 aliphatic heterocycles. The molecule has 0 bridgehead atoms. The van der Waals surface area contributed by atoms with E-state index in [2.05, 4.69) is 10.0 Å². The van der Waals surface area contributed by atoms with Crippen molar-refractivity contribution in [2.24, 2.45) is 18.4 Å². The fourth-order valence-corrected chi connectivity index (χ4v) is 6.12. The summed E-state index contributed by atoms with van der Waals surface area (Å²) in [5.74, 6) is -2.03. The molecule has 3 aliphatic carbocycles. The van der Waals surface area contributed by atoms with Gasteiger partial charge < -0.3 is 14.4 Å². The Kier molecular flexibility index (Phi) is 3.54. The molecule has 4 unspecified atom stereocenters. The van der Waals surface area contributed by atoms with E-state index >= 15 is 0 Å². The minimum Gasteiger partial charge on any atom is -0.593 e. The van der Waals surface area contributed by atoms with E-state index in [1.165, 1.54) is 12.5 Å². The maximum atomic E-state index is 13.5. The zero-order valence-corrected chi connectivity index (χ0v) is 15.9. The highest BCUT2D eigenvalue weighted by Gasteiger charge is 2.90. The topological polar surface area (TPSA) is 69.1 Å². The van der Waals surface area contributed by atoms with Crippen LogP contribution in [0.5, 0.6) is 0 Å². The molecular formula is C18H16ClF2N3O2S. The quantitative estimate of drug-likeness (QED) is 0.585. The molecule has 2 aromatic rings. The van der Waals surface area contributed by atoms with Crippen LogP contribution in [-0.2, 0) is 18.4 Å². The summed E-state index contributed by atoms with van der Waals surface area (Å²) in [4.78, 5) is 13.0. The summed E-state index contributed by atoms with van der Waals surface area (Å²) in [6.07, 6.45) is 5.03. The van der Waals surface area contributed by atoms with Crippen LogP contribution in [0, 0.1) is 23.0 Å². The summed E-state index contributed by atoms with van der Waals surface area (Å²) < 4.78 is 44.2. The Morgan fingerprint density at radius 1 is 1.37 bits per heavy atom. The van der Waals surface area contributed by atoms with Crippen molar-refractivity contribution in [2.45, 2.75) is 29.7 Å². The van der Waals surface area contributed by atoms with E-state index in [1.54, 1.807) is 17.8 Å². The highest BCUT2D eigenvalue weighted by Crippen LogP contribution is 2.89. The summed E-state index contributed by atoms with van der Waals surface area (Å²) in [5, 5.41) is 2.06. The van der Waals surface area contributed by atoms with Gasteiger partial charge in [0.15, 0.2) is 16.5 Å². The Balaban J connectivity index is 1.31. The first kappa shape index (κ1) is 17.5. The number of hydrogen-bond acceptors (Lipinski definition) is 3. The second-order valence-electron chi connectivity index (χ2n) is 7.77. The van der Waals surface area contributed by atoms with Gasteiger partial charge in [0, 0.05) is 24.9 Å². The Bertz CT molecular complexity index is 972. The van der Waals surface area contributed by atoms with Crippen molar-refractivity contribution in [1.82, 2.24) is 9.29 Å². The minimum atomic E-state index is -1.40. The lowest BCUT2D eigenvalue weighted by molar-refractivity contribution is 0.101. The van der Waals surface area contributed by atoms with Crippen molar-refractivity contribution < 1.29 is 18.1 Å². The molecule has 2 N–H and O–H groups in total. The molecule has 1 amide bonds. The average molecular weight is 412 g/mol. The molecule has 142 valence electrons. The van der Waals surface area contributed by atoms with Crippen LogP contribution in [-0.4, -0.2) is 20.6 Å². The van der Waals surface area contributed by atoms with Crippen LogP contribution in [0.4, 0.5) is 14.5 Å². The minimum absolute atomic E-state index is 0.0309. The number of carbonyl (C=O) groups is 1. The van der Waals surface area contributed by atoms with Gasteiger partial charge in [0.2, 0.25) is 0 Å². The highest BCUT2D eigenvalue weighted by atomic mass is 35.5. The van der Waals surface area contributed by atoms with Crippen molar-refractivity contribution in [2.75, 3.05) is 5.32 Å². The molecule has 1 aromatic heterocycles. The summed E-state index contributed by atoms with van der Waals surface area (Å²) in [6, 6.07) is 3.53. The van der Waals surface area contributed by atoms with Crippen LogP contribution in [0.1, 0.15) is 29.8 Å². The number of hydrogen-bond donors (Lipinski definition) is 2. The monoisotopic (exact) mass is 411 g/mol. The average Bonchev–Trinajstić information content (AvgIpc) is 3.24. The predicted octanol–water partition coefficient (Wildman–Crippen LogP) is 3.37. The fourth-order valence-electron chi connectivity index (χ4n) is 4.61.